The van der Waals surface area contributed by atoms with Crippen molar-refractivity contribution in [2.24, 2.45) is 0 Å². The summed E-state index contributed by atoms with van der Waals surface area (Å²) in [5, 5.41) is 1.15. The van der Waals surface area contributed by atoms with Gasteiger partial charge in [-0.2, -0.15) is 0 Å². The van der Waals surface area contributed by atoms with E-state index in [4.69, 9.17) is 14.9 Å². The summed E-state index contributed by atoms with van der Waals surface area (Å²) in [6.45, 7) is 1.55. The Hall–Kier alpha value is -1.20. The third kappa shape index (κ3) is 1.57. The maximum atomic E-state index is 5.79. The first-order valence-corrected chi connectivity index (χ1v) is 5.60. The number of oxazole rings is 1. The van der Waals surface area contributed by atoms with Crippen molar-refractivity contribution in [3.8, 4) is 0 Å². The van der Waals surface area contributed by atoms with Gasteiger partial charge in [0.1, 0.15) is 5.52 Å². The van der Waals surface area contributed by atoms with Crippen LogP contribution in [0.3, 0.4) is 0 Å². The zero-order chi connectivity index (χ0) is 10.3. The number of anilines is 1. The Morgan fingerprint density at radius 1 is 1.40 bits per heavy atom. The molecule has 78 valence electrons. The molecule has 0 saturated carbocycles. The van der Waals surface area contributed by atoms with Gasteiger partial charge in [0.15, 0.2) is 5.58 Å². The highest BCUT2D eigenvalue weighted by molar-refractivity contribution is 7.99. The Morgan fingerprint density at radius 3 is 2.93 bits per heavy atom. The normalized spacial score (nSPS) is 16.8. The fourth-order valence-electron chi connectivity index (χ4n) is 1.42. The van der Waals surface area contributed by atoms with E-state index in [9.17, 15) is 0 Å². The lowest BCUT2D eigenvalue weighted by atomic mass is 10.3. The molecule has 0 spiro atoms. The van der Waals surface area contributed by atoms with Gasteiger partial charge in [0.2, 0.25) is 0 Å². The molecule has 1 fully saturated rings. The van der Waals surface area contributed by atoms with E-state index in [0.29, 0.717) is 16.2 Å². The number of rotatable bonds is 2. The topological polar surface area (TPSA) is 61.3 Å². The first-order chi connectivity index (χ1) is 7.33. The fraction of sp³-hybridized carbons (Fsp3) is 0.300. The van der Waals surface area contributed by atoms with Gasteiger partial charge in [-0.05, 0) is 12.1 Å². The van der Waals surface area contributed by atoms with E-state index in [-0.39, 0.29) is 0 Å². The summed E-state index contributed by atoms with van der Waals surface area (Å²) in [7, 11) is 0. The number of para-hydroxylation sites is 1. The van der Waals surface area contributed by atoms with Crippen LogP contribution < -0.4 is 5.73 Å². The van der Waals surface area contributed by atoms with Crippen LogP contribution >= 0.6 is 11.8 Å². The molecule has 15 heavy (non-hydrogen) atoms. The van der Waals surface area contributed by atoms with E-state index in [1.807, 2.05) is 18.2 Å². The van der Waals surface area contributed by atoms with Crippen LogP contribution in [-0.4, -0.2) is 23.4 Å². The smallest absolute Gasteiger partial charge is 0.257 e. The summed E-state index contributed by atoms with van der Waals surface area (Å²) in [6, 6.07) is 5.57. The first-order valence-electron chi connectivity index (χ1n) is 4.72. The minimum Gasteiger partial charge on any atom is -0.431 e. The van der Waals surface area contributed by atoms with Gasteiger partial charge in [-0.25, -0.2) is 4.98 Å². The van der Waals surface area contributed by atoms with E-state index in [0.717, 1.165) is 24.3 Å². The summed E-state index contributed by atoms with van der Waals surface area (Å²) >= 11 is 1.61. The van der Waals surface area contributed by atoms with Gasteiger partial charge in [0.25, 0.3) is 5.22 Å². The van der Waals surface area contributed by atoms with Crippen LogP contribution in [0, 0.1) is 0 Å². The van der Waals surface area contributed by atoms with E-state index >= 15 is 0 Å². The van der Waals surface area contributed by atoms with E-state index in [2.05, 4.69) is 4.98 Å². The Balaban J connectivity index is 1.95. The third-order valence-corrected chi connectivity index (χ3v) is 3.29. The third-order valence-electron chi connectivity index (χ3n) is 2.31. The van der Waals surface area contributed by atoms with Crippen molar-refractivity contribution < 1.29 is 9.15 Å². The molecular weight excluding hydrogens is 212 g/mol. The molecule has 5 heteroatoms. The molecule has 1 aliphatic rings. The SMILES string of the molecule is Nc1cccc2oc(SC3COC3)nc12. The Bertz CT molecular complexity index is 493. The fourth-order valence-corrected chi connectivity index (χ4v) is 2.32. The average Bonchev–Trinajstić information content (AvgIpc) is 2.56. The predicted octanol–water partition coefficient (Wildman–Crippen LogP) is 1.90. The molecular formula is C10H10N2O2S. The van der Waals surface area contributed by atoms with Crippen LogP contribution in [0.15, 0.2) is 27.8 Å². The first kappa shape index (κ1) is 9.06. The van der Waals surface area contributed by atoms with Gasteiger partial charge < -0.3 is 14.9 Å². The van der Waals surface area contributed by atoms with Crippen molar-refractivity contribution in [3.05, 3.63) is 18.2 Å². The van der Waals surface area contributed by atoms with Crippen LogP contribution in [0.2, 0.25) is 0 Å². The summed E-state index contributed by atoms with van der Waals surface area (Å²) in [4.78, 5) is 4.35. The van der Waals surface area contributed by atoms with Crippen LogP contribution in [0.1, 0.15) is 0 Å². The minimum absolute atomic E-state index is 0.472. The number of nitrogen functional groups attached to an aromatic ring is 1. The number of ether oxygens (including phenoxy) is 1. The van der Waals surface area contributed by atoms with E-state index < -0.39 is 0 Å². The lowest BCUT2D eigenvalue weighted by molar-refractivity contribution is 0.0451. The molecule has 0 atom stereocenters. The number of fused-ring (bicyclic) bond motifs is 1. The predicted molar refractivity (Wildman–Crippen MR) is 58.9 cm³/mol. The summed E-state index contributed by atoms with van der Waals surface area (Å²) < 4.78 is 10.7. The van der Waals surface area contributed by atoms with Crippen molar-refractivity contribution in [1.82, 2.24) is 4.98 Å². The number of benzene rings is 1. The second kappa shape index (κ2) is 3.43. The molecule has 1 aromatic carbocycles. The molecule has 1 saturated heterocycles. The van der Waals surface area contributed by atoms with Crippen molar-refractivity contribution in [2.75, 3.05) is 18.9 Å². The van der Waals surface area contributed by atoms with Crippen molar-refractivity contribution in [2.45, 2.75) is 10.5 Å². The summed E-state index contributed by atoms with van der Waals surface area (Å²) in [6.07, 6.45) is 0. The number of hydrogen-bond acceptors (Lipinski definition) is 5. The van der Waals surface area contributed by atoms with Gasteiger partial charge in [0, 0.05) is 0 Å². The standard InChI is InChI=1S/C10H10N2O2S/c11-7-2-1-3-8-9(7)12-10(14-8)15-6-4-13-5-6/h1-3,6H,4-5,11H2. The van der Waals surface area contributed by atoms with Crippen molar-refractivity contribution in [3.63, 3.8) is 0 Å². The highest BCUT2D eigenvalue weighted by Crippen LogP contribution is 2.31. The molecule has 4 nitrogen and oxygen atoms in total. The number of hydrogen-bond donors (Lipinski definition) is 1. The van der Waals surface area contributed by atoms with Crippen molar-refractivity contribution >= 4 is 28.5 Å². The molecule has 0 aliphatic carbocycles. The monoisotopic (exact) mass is 222 g/mol. The van der Waals surface area contributed by atoms with Gasteiger partial charge >= 0.3 is 0 Å². The molecule has 0 unspecified atom stereocenters. The molecule has 1 aliphatic heterocycles. The zero-order valence-corrected chi connectivity index (χ0v) is 8.79. The maximum Gasteiger partial charge on any atom is 0.257 e. The van der Waals surface area contributed by atoms with E-state index in [1.165, 1.54) is 0 Å². The van der Waals surface area contributed by atoms with Crippen LogP contribution in [0.5, 0.6) is 0 Å². The lowest BCUT2D eigenvalue weighted by Crippen LogP contribution is -2.30. The Labute approximate surface area is 90.8 Å². The zero-order valence-electron chi connectivity index (χ0n) is 7.97. The number of nitrogens with two attached hydrogens (primary N) is 1. The molecule has 0 amide bonds. The lowest BCUT2D eigenvalue weighted by Gasteiger charge is -2.23. The molecule has 1 aromatic heterocycles. The quantitative estimate of drug-likeness (QED) is 0.786. The molecule has 2 heterocycles. The largest absolute Gasteiger partial charge is 0.431 e. The summed E-state index contributed by atoms with van der Waals surface area (Å²) in [5.74, 6) is 0. The number of aromatic nitrogens is 1. The van der Waals surface area contributed by atoms with Gasteiger partial charge in [-0.1, -0.05) is 17.8 Å². The van der Waals surface area contributed by atoms with Gasteiger partial charge in [0.05, 0.1) is 24.2 Å². The molecule has 0 radical (unpaired) electrons. The van der Waals surface area contributed by atoms with Gasteiger partial charge in [-0.15, -0.1) is 0 Å². The minimum atomic E-state index is 0.472. The molecule has 3 rings (SSSR count). The average molecular weight is 222 g/mol. The Morgan fingerprint density at radius 2 is 2.27 bits per heavy atom. The highest BCUT2D eigenvalue weighted by Gasteiger charge is 2.22. The van der Waals surface area contributed by atoms with Crippen LogP contribution in [0.25, 0.3) is 11.1 Å². The van der Waals surface area contributed by atoms with Crippen LogP contribution in [-0.2, 0) is 4.74 Å². The van der Waals surface area contributed by atoms with Crippen LogP contribution in [0.4, 0.5) is 5.69 Å². The second-order valence-electron chi connectivity index (χ2n) is 3.45. The highest BCUT2D eigenvalue weighted by atomic mass is 32.2. The second-order valence-corrected chi connectivity index (χ2v) is 4.70. The van der Waals surface area contributed by atoms with Gasteiger partial charge in [-0.3, -0.25) is 0 Å². The Kier molecular flexibility index (Phi) is 2.07. The molecule has 2 N–H and O–H groups in total. The van der Waals surface area contributed by atoms with E-state index in [1.54, 1.807) is 11.8 Å². The number of nitrogens with zero attached hydrogens (tertiary/aromatic N) is 1. The number of thioether (sulfide) groups is 1. The van der Waals surface area contributed by atoms with Crippen molar-refractivity contribution in [1.29, 1.82) is 0 Å². The molecule has 0 bridgehead atoms. The maximum absolute atomic E-state index is 5.79. The molecule has 2 aromatic rings. The summed E-state index contributed by atoms with van der Waals surface area (Å²) in [5.41, 5.74) is 7.95.